The number of aryl methyl sites for hydroxylation is 1. The summed E-state index contributed by atoms with van der Waals surface area (Å²) in [7, 11) is 0. The molecular formula is C19H20N6O4. The van der Waals surface area contributed by atoms with Crippen LogP contribution in [0.3, 0.4) is 0 Å². The second-order valence-electron chi connectivity index (χ2n) is 6.02. The molecule has 0 aliphatic carbocycles. The Hall–Kier alpha value is -3.95. The van der Waals surface area contributed by atoms with E-state index in [2.05, 4.69) is 25.6 Å². The molecule has 1 amide bonds. The van der Waals surface area contributed by atoms with Crippen molar-refractivity contribution in [3.05, 3.63) is 59.8 Å². The van der Waals surface area contributed by atoms with Crippen molar-refractivity contribution >= 4 is 29.5 Å². The number of rotatable bonds is 8. The van der Waals surface area contributed by atoms with Crippen LogP contribution < -0.4 is 16.4 Å². The first-order valence-electron chi connectivity index (χ1n) is 8.81. The number of hydrogen-bond acceptors (Lipinski definition) is 9. The number of ether oxygens (including phenoxy) is 1. The lowest BCUT2D eigenvalue weighted by atomic mass is 10.2. The van der Waals surface area contributed by atoms with E-state index in [1.165, 1.54) is 12.3 Å². The van der Waals surface area contributed by atoms with Crippen LogP contribution in [0.25, 0.3) is 0 Å². The minimum Gasteiger partial charge on any atom is -0.459 e. The number of nitrogens with two attached hydrogens (primary N) is 1. The van der Waals surface area contributed by atoms with Crippen LogP contribution in [-0.2, 0) is 16.1 Å². The zero-order valence-corrected chi connectivity index (χ0v) is 15.7. The molecule has 0 saturated heterocycles. The third-order valence-corrected chi connectivity index (χ3v) is 3.81. The molecule has 0 atom stereocenters. The van der Waals surface area contributed by atoms with Crippen LogP contribution in [0.15, 0.2) is 47.1 Å². The SMILES string of the molecule is Cc1ccccc1Nc1nc(N)nc(COC(=O)CCNC(=O)c2ccco2)n1. The van der Waals surface area contributed by atoms with Crippen molar-refractivity contribution < 1.29 is 18.7 Å². The minimum absolute atomic E-state index is 0.00726. The first-order chi connectivity index (χ1) is 14.0. The Morgan fingerprint density at radius 3 is 2.72 bits per heavy atom. The molecule has 0 radical (unpaired) electrons. The summed E-state index contributed by atoms with van der Waals surface area (Å²) in [6.45, 7) is 1.89. The third kappa shape index (κ3) is 5.76. The fourth-order valence-corrected chi connectivity index (χ4v) is 2.38. The normalized spacial score (nSPS) is 10.4. The lowest BCUT2D eigenvalue weighted by Crippen LogP contribution is -2.26. The predicted octanol–water partition coefficient (Wildman–Crippen LogP) is 1.96. The summed E-state index contributed by atoms with van der Waals surface area (Å²) in [4.78, 5) is 35.8. The summed E-state index contributed by atoms with van der Waals surface area (Å²) in [5.74, 6) is -0.275. The number of furan rings is 1. The maximum atomic E-state index is 11.9. The molecule has 29 heavy (non-hydrogen) atoms. The number of amides is 1. The maximum Gasteiger partial charge on any atom is 0.308 e. The van der Waals surface area contributed by atoms with Crippen LogP contribution in [-0.4, -0.2) is 33.4 Å². The molecule has 4 N–H and O–H groups in total. The molecule has 10 heteroatoms. The van der Waals surface area contributed by atoms with Crippen LogP contribution in [0.2, 0.25) is 0 Å². The molecule has 0 bridgehead atoms. The van der Waals surface area contributed by atoms with E-state index in [0.717, 1.165) is 11.3 Å². The third-order valence-electron chi connectivity index (χ3n) is 3.81. The highest BCUT2D eigenvalue weighted by atomic mass is 16.5. The Morgan fingerprint density at radius 2 is 1.97 bits per heavy atom. The van der Waals surface area contributed by atoms with E-state index in [1.807, 2.05) is 31.2 Å². The highest BCUT2D eigenvalue weighted by Gasteiger charge is 2.11. The largest absolute Gasteiger partial charge is 0.459 e. The van der Waals surface area contributed by atoms with E-state index >= 15 is 0 Å². The summed E-state index contributed by atoms with van der Waals surface area (Å²) in [5, 5.41) is 5.62. The van der Waals surface area contributed by atoms with E-state index in [-0.39, 0.29) is 43.1 Å². The highest BCUT2D eigenvalue weighted by molar-refractivity contribution is 5.91. The van der Waals surface area contributed by atoms with Gasteiger partial charge in [0.25, 0.3) is 5.91 Å². The van der Waals surface area contributed by atoms with Crippen molar-refractivity contribution in [2.24, 2.45) is 0 Å². The quantitative estimate of drug-likeness (QED) is 0.486. The predicted molar refractivity (Wildman–Crippen MR) is 104 cm³/mol. The molecule has 1 aromatic carbocycles. The molecule has 0 unspecified atom stereocenters. The summed E-state index contributed by atoms with van der Waals surface area (Å²) < 4.78 is 10.1. The van der Waals surface area contributed by atoms with E-state index in [1.54, 1.807) is 6.07 Å². The number of benzene rings is 1. The van der Waals surface area contributed by atoms with Gasteiger partial charge in [-0.05, 0) is 30.7 Å². The number of nitrogens with zero attached hydrogens (tertiary/aromatic N) is 3. The summed E-state index contributed by atoms with van der Waals surface area (Å²) in [5.41, 5.74) is 7.56. The molecule has 2 aromatic heterocycles. The fraction of sp³-hybridized carbons (Fsp3) is 0.211. The molecule has 2 heterocycles. The van der Waals surface area contributed by atoms with Gasteiger partial charge in [0.15, 0.2) is 18.2 Å². The van der Waals surface area contributed by atoms with Gasteiger partial charge in [-0.3, -0.25) is 9.59 Å². The Kier molecular flexibility index (Phi) is 6.36. The fourth-order valence-electron chi connectivity index (χ4n) is 2.38. The Bertz CT molecular complexity index is 990. The average molecular weight is 396 g/mol. The van der Waals surface area contributed by atoms with E-state index < -0.39 is 11.9 Å². The van der Waals surface area contributed by atoms with E-state index in [0.29, 0.717) is 0 Å². The first kappa shape index (κ1) is 19.8. The van der Waals surface area contributed by atoms with Gasteiger partial charge in [0.05, 0.1) is 12.7 Å². The number of aromatic nitrogens is 3. The lowest BCUT2D eigenvalue weighted by Gasteiger charge is -2.10. The smallest absolute Gasteiger partial charge is 0.308 e. The molecule has 150 valence electrons. The van der Waals surface area contributed by atoms with Crippen molar-refractivity contribution in [1.29, 1.82) is 0 Å². The molecule has 10 nitrogen and oxygen atoms in total. The molecule has 0 fully saturated rings. The first-order valence-corrected chi connectivity index (χ1v) is 8.81. The van der Waals surface area contributed by atoms with Crippen LogP contribution >= 0.6 is 0 Å². The Balaban J connectivity index is 1.49. The van der Waals surface area contributed by atoms with Gasteiger partial charge in [-0.1, -0.05) is 18.2 Å². The second-order valence-corrected chi connectivity index (χ2v) is 6.02. The van der Waals surface area contributed by atoms with Gasteiger partial charge in [0.1, 0.15) is 0 Å². The van der Waals surface area contributed by atoms with Gasteiger partial charge in [-0.2, -0.15) is 15.0 Å². The molecule has 0 saturated carbocycles. The van der Waals surface area contributed by atoms with Crippen molar-refractivity contribution in [2.45, 2.75) is 20.0 Å². The minimum atomic E-state index is -0.517. The van der Waals surface area contributed by atoms with Crippen molar-refractivity contribution in [2.75, 3.05) is 17.6 Å². The number of esters is 1. The number of carbonyl (C=O) groups excluding carboxylic acids is 2. The monoisotopic (exact) mass is 396 g/mol. The van der Waals surface area contributed by atoms with Crippen LogP contribution in [0, 0.1) is 6.92 Å². The average Bonchev–Trinajstić information content (AvgIpc) is 3.23. The highest BCUT2D eigenvalue weighted by Crippen LogP contribution is 2.17. The number of nitrogen functional groups attached to an aromatic ring is 1. The van der Waals surface area contributed by atoms with Gasteiger partial charge >= 0.3 is 5.97 Å². The van der Waals surface area contributed by atoms with Crippen LogP contribution in [0.1, 0.15) is 28.4 Å². The van der Waals surface area contributed by atoms with Crippen molar-refractivity contribution in [3.8, 4) is 0 Å². The van der Waals surface area contributed by atoms with Crippen molar-refractivity contribution in [3.63, 3.8) is 0 Å². The topological polar surface area (TPSA) is 145 Å². The standard InChI is InChI=1S/C19H20N6O4/c1-12-5-2-3-6-13(12)22-19-24-15(23-18(20)25-19)11-29-16(26)8-9-21-17(27)14-7-4-10-28-14/h2-7,10H,8-9,11H2,1H3,(H,21,27)(H3,20,22,23,24,25). The number of anilines is 3. The van der Waals surface area contributed by atoms with Crippen molar-refractivity contribution in [1.82, 2.24) is 20.3 Å². The van der Waals surface area contributed by atoms with Crippen LogP contribution in [0.4, 0.5) is 17.6 Å². The second kappa shape index (κ2) is 9.31. The lowest BCUT2D eigenvalue weighted by molar-refractivity contribution is -0.145. The number of hydrogen-bond donors (Lipinski definition) is 3. The molecule has 3 rings (SSSR count). The molecular weight excluding hydrogens is 376 g/mol. The summed E-state index contributed by atoms with van der Waals surface area (Å²) >= 11 is 0. The number of para-hydroxylation sites is 1. The number of carbonyl (C=O) groups is 2. The molecule has 0 aliphatic rings. The Labute approximate surface area is 166 Å². The number of nitrogens with one attached hydrogen (secondary N) is 2. The van der Waals surface area contributed by atoms with Gasteiger partial charge in [0, 0.05) is 12.2 Å². The zero-order valence-electron chi connectivity index (χ0n) is 15.7. The Morgan fingerprint density at radius 1 is 1.14 bits per heavy atom. The molecule has 0 aliphatic heterocycles. The maximum absolute atomic E-state index is 11.9. The van der Waals surface area contributed by atoms with Gasteiger partial charge in [-0.25, -0.2) is 0 Å². The van der Waals surface area contributed by atoms with Crippen LogP contribution in [0.5, 0.6) is 0 Å². The summed E-state index contributed by atoms with van der Waals surface area (Å²) in [6.07, 6.45) is 1.38. The zero-order chi connectivity index (χ0) is 20.6. The summed E-state index contributed by atoms with van der Waals surface area (Å²) in [6, 6.07) is 10.8. The van der Waals surface area contributed by atoms with Gasteiger partial charge < -0.3 is 25.5 Å². The van der Waals surface area contributed by atoms with Gasteiger partial charge in [-0.15, -0.1) is 0 Å². The van der Waals surface area contributed by atoms with Gasteiger partial charge in [0.2, 0.25) is 11.9 Å². The van der Waals surface area contributed by atoms with E-state index in [4.69, 9.17) is 14.9 Å². The molecule has 3 aromatic rings. The van der Waals surface area contributed by atoms with E-state index in [9.17, 15) is 9.59 Å². The molecule has 0 spiro atoms.